The van der Waals surface area contributed by atoms with Crippen LogP contribution in [0.4, 0.5) is 11.4 Å². The lowest BCUT2D eigenvalue weighted by molar-refractivity contribution is -0.116. The van der Waals surface area contributed by atoms with Crippen LogP contribution in [0.2, 0.25) is 0 Å². The molecule has 2 aliphatic rings. The van der Waals surface area contributed by atoms with E-state index in [1.54, 1.807) is 39.5 Å². The van der Waals surface area contributed by atoms with Crippen LogP contribution >= 0.6 is 0 Å². The molecule has 1 amide bonds. The molecule has 0 spiro atoms. The number of fused-ring (bicyclic) bond motifs is 1. The molecule has 0 aliphatic carbocycles. The number of nitriles is 1. The van der Waals surface area contributed by atoms with Gasteiger partial charge in [0.15, 0.2) is 0 Å². The van der Waals surface area contributed by atoms with Crippen molar-refractivity contribution in [2.24, 2.45) is 0 Å². The number of nitrogens with zero attached hydrogens (tertiary/aromatic N) is 4. The molecule has 0 radical (unpaired) electrons. The van der Waals surface area contributed by atoms with Gasteiger partial charge in [0.2, 0.25) is 15.9 Å². The summed E-state index contributed by atoms with van der Waals surface area (Å²) in [4.78, 5) is 16.1. The van der Waals surface area contributed by atoms with Gasteiger partial charge in [0.1, 0.15) is 0 Å². The average Bonchev–Trinajstić information content (AvgIpc) is 2.91. The number of amides is 1. The van der Waals surface area contributed by atoms with Gasteiger partial charge < -0.3 is 9.80 Å². The van der Waals surface area contributed by atoms with Crippen molar-refractivity contribution in [1.29, 1.82) is 5.26 Å². The third-order valence-electron chi connectivity index (χ3n) is 6.06. The summed E-state index contributed by atoms with van der Waals surface area (Å²) in [6.07, 6.45) is 1.38. The first kappa shape index (κ1) is 21.3. The number of sulfonamides is 1. The minimum atomic E-state index is -3.62. The molecule has 0 bridgehead atoms. The summed E-state index contributed by atoms with van der Waals surface area (Å²) < 4.78 is 28.3. The number of hydrogen-bond donors (Lipinski definition) is 0. The summed E-state index contributed by atoms with van der Waals surface area (Å²) in [5.74, 6) is -0.0303. The Morgan fingerprint density at radius 2 is 1.81 bits per heavy atom. The first-order valence-corrected chi connectivity index (χ1v) is 11.9. The van der Waals surface area contributed by atoms with E-state index in [2.05, 4.69) is 11.0 Å². The van der Waals surface area contributed by atoms with Gasteiger partial charge in [-0.25, -0.2) is 8.42 Å². The van der Waals surface area contributed by atoms with Gasteiger partial charge >= 0.3 is 0 Å². The van der Waals surface area contributed by atoms with Crippen LogP contribution in [-0.4, -0.2) is 50.9 Å². The number of carbonyl (C=O) groups is 1. The summed E-state index contributed by atoms with van der Waals surface area (Å²) >= 11 is 0. The van der Waals surface area contributed by atoms with Crippen LogP contribution < -0.4 is 9.80 Å². The van der Waals surface area contributed by atoms with Crippen molar-refractivity contribution in [1.82, 2.24) is 4.31 Å². The summed E-state index contributed by atoms with van der Waals surface area (Å²) in [7, 11) is -3.62. The van der Waals surface area contributed by atoms with Crippen molar-refractivity contribution in [3.8, 4) is 6.07 Å². The molecule has 2 heterocycles. The standard InChI is InChI=1S/C23H26N4O3S/c1-17-14-20-15-22(8-9-23(20)27(17)18(2)28)31(29,30)26-11-3-10-25(12-13-26)21-6-4-19(16-24)5-7-21/h4-9,15,17H,3,10-14H2,1-2H3. The number of benzene rings is 2. The van der Waals surface area contributed by atoms with Gasteiger partial charge in [-0.3, -0.25) is 4.79 Å². The maximum Gasteiger partial charge on any atom is 0.243 e. The molecule has 8 heteroatoms. The molecule has 2 aromatic rings. The second kappa shape index (κ2) is 8.33. The Kier molecular flexibility index (Phi) is 5.73. The molecular formula is C23H26N4O3S. The fourth-order valence-electron chi connectivity index (χ4n) is 4.54. The number of anilines is 2. The van der Waals surface area contributed by atoms with Crippen LogP contribution in [0.15, 0.2) is 47.4 Å². The molecule has 1 atom stereocenters. The molecule has 162 valence electrons. The van der Waals surface area contributed by atoms with Crippen molar-refractivity contribution in [2.75, 3.05) is 36.0 Å². The molecule has 31 heavy (non-hydrogen) atoms. The Hall–Kier alpha value is -2.89. The molecular weight excluding hydrogens is 412 g/mol. The third-order valence-corrected chi connectivity index (χ3v) is 7.95. The zero-order valence-electron chi connectivity index (χ0n) is 17.8. The van der Waals surface area contributed by atoms with E-state index >= 15 is 0 Å². The lowest BCUT2D eigenvalue weighted by Gasteiger charge is -2.24. The summed E-state index contributed by atoms with van der Waals surface area (Å²) in [5.41, 5.74) is 3.31. The zero-order chi connectivity index (χ0) is 22.2. The Labute approximate surface area is 183 Å². The zero-order valence-corrected chi connectivity index (χ0v) is 18.6. The lowest BCUT2D eigenvalue weighted by Crippen LogP contribution is -2.35. The minimum absolute atomic E-state index is 0.0303. The van der Waals surface area contributed by atoms with Crippen molar-refractivity contribution >= 4 is 27.3 Å². The molecule has 1 saturated heterocycles. The molecule has 1 fully saturated rings. The smallest absolute Gasteiger partial charge is 0.243 e. The van der Waals surface area contributed by atoms with Gasteiger partial charge in [-0.1, -0.05) is 0 Å². The topological polar surface area (TPSA) is 84.7 Å². The Bertz CT molecular complexity index is 1140. The monoisotopic (exact) mass is 438 g/mol. The molecule has 2 aliphatic heterocycles. The SMILES string of the molecule is CC(=O)N1c2ccc(S(=O)(=O)N3CCCN(c4ccc(C#N)cc4)CC3)cc2CC1C. The van der Waals surface area contributed by atoms with Crippen molar-refractivity contribution in [2.45, 2.75) is 37.6 Å². The van der Waals surface area contributed by atoms with Crippen LogP contribution in [0.1, 0.15) is 31.4 Å². The van der Waals surface area contributed by atoms with E-state index in [1.807, 2.05) is 19.1 Å². The maximum atomic E-state index is 13.4. The molecule has 7 nitrogen and oxygen atoms in total. The summed E-state index contributed by atoms with van der Waals surface area (Å²) in [5, 5.41) is 8.97. The maximum absolute atomic E-state index is 13.4. The fraction of sp³-hybridized carbons (Fsp3) is 0.391. The summed E-state index contributed by atoms with van der Waals surface area (Å²) in [6.45, 7) is 5.71. The largest absolute Gasteiger partial charge is 0.370 e. The van der Waals surface area contributed by atoms with Gasteiger partial charge in [-0.05, 0) is 67.8 Å². The van der Waals surface area contributed by atoms with E-state index in [4.69, 9.17) is 5.26 Å². The van der Waals surface area contributed by atoms with E-state index < -0.39 is 10.0 Å². The lowest BCUT2D eigenvalue weighted by atomic mass is 10.1. The number of carbonyl (C=O) groups excluding carboxylic acids is 1. The molecule has 0 saturated carbocycles. The highest BCUT2D eigenvalue weighted by molar-refractivity contribution is 7.89. The van der Waals surface area contributed by atoms with Gasteiger partial charge in [0.05, 0.1) is 16.5 Å². The highest BCUT2D eigenvalue weighted by Gasteiger charge is 2.32. The molecule has 0 N–H and O–H groups in total. The van der Waals surface area contributed by atoms with Crippen molar-refractivity contribution in [3.05, 3.63) is 53.6 Å². The van der Waals surface area contributed by atoms with Crippen molar-refractivity contribution in [3.63, 3.8) is 0 Å². The van der Waals surface area contributed by atoms with E-state index in [0.717, 1.165) is 29.9 Å². The van der Waals surface area contributed by atoms with Crippen LogP contribution in [0.5, 0.6) is 0 Å². The van der Waals surface area contributed by atoms with Gasteiger partial charge in [-0.15, -0.1) is 0 Å². The van der Waals surface area contributed by atoms with E-state index in [9.17, 15) is 13.2 Å². The van der Waals surface area contributed by atoms with Gasteiger partial charge in [0, 0.05) is 50.5 Å². The van der Waals surface area contributed by atoms with Gasteiger partial charge in [-0.2, -0.15) is 9.57 Å². The Morgan fingerprint density at radius 3 is 2.48 bits per heavy atom. The minimum Gasteiger partial charge on any atom is -0.370 e. The second-order valence-corrected chi connectivity index (χ2v) is 10.1. The highest BCUT2D eigenvalue weighted by atomic mass is 32.2. The number of hydrogen-bond acceptors (Lipinski definition) is 5. The first-order chi connectivity index (χ1) is 14.8. The van der Waals surface area contributed by atoms with Crippen LogP contribution in [0.3, 0.4) is 0 Å². The Balaban J connectivity index is 1.52. The average molecular weight is 439 g/mol. The van der Waals surface area contributed by atoms with E-state index in [-0.39, 0.29) is 16.8 Å². The quantitative estimate of drug-likeness (QED) is 0.736. The Morgan fingerprint density at radius 1 is 1.06 bits per heavy atom. The highest BCUT2D eigenvalue weighted by Crippen LogP contribution is 2.34. The first-order valence-electron chi connectivity index (χ1n) is 10.5. The fourth-order valence-corrected chi connectivity index (χ4v) is 6.06. The summed E-state index contributed by atoms with van der Waals surface area (Å²) in [6, 6.07) is 14.6. The predicted molar refractivity (Wildman–Crippen MR) is 120 cm³/mol. The normalized spacial score (nSPS) is 19.6. The van der Waals surface area contributed by atoms with Crippen LogP contribution in [0, 0.1) is 11.3 Å². The predicted octanol–water partition coefficient (Wildman–Crippen LogP) is 2.76. The van der Waals surface area contributed by atoms with Gasteiger partial charge in [0.25, 0.3) is 0 Å². The molecule has 0 aromatic heterocycles. The third kappa shape index (κ3) is 4.03. The van der Waals surface area contributed by atoms with E-state index in [1.165, 1.54) is 6.92 Å². The number of rotatable bonds is 3. The van der Waals surface area contributed by atoms with Crippen LogP contribution in [0.25, 0.3) is 0 Å². The van der Waals surface area contributed by atoms with E-state index in [0.29, 0.717) is 31.6 Å². The van der Waals surface area contributed by atoms with Crippen molar-refractivity contribution < 1.29 is 13.2 Å². The molecule has 2 aromatic carbocycles. The molecule has 1 unspecified atom stereocenters. The molecule has 4 rings (SSSR count). The van der Waals surface area contributed by atoms with Crippen LogP contribution in [-0.2, 0) is 21.2 Å². The second-order valence-electron chi connectivity index (χ2n) is 8.14.